The lowest BCUT2D eigenvalue weighted by Gasteiger charge is -2.49. The zero-order valence-electron chi connectivity index (χ0n) is 23.4. The Morgan fingerprint density at radius 2 is 1.24 bits per heavy atom. The van der Waals surface area contributed by atoms with Crippen LogP contribution in [0.5, 0.6) is 0 Å². The quantitative estimate of drug-likeness (QED) is 0.103. The maximum Gasteiger partial charge on any atom is 0.256 e. The highest BCUT2D eigenvalue weighted by Crippen LogP contribution is 2.40. The first kappa shape index (κ1) is 33.8. The molecule has 6 heterocycles. The first-order valence-electron chi connectivity index (χ1n) is 14.4. The predicted molar refractivity (Wildman–Crippen MR) is 132 cm³/mol. The summed E-state index contributed by atoms with van der Waals surface area (Å²) in [5.74, 6) is -2.60. The van der Waals surface area contributed by atoms with E-state index in [4.69, 9.17) is 42.6 Å². The lowest BCUT2D eigenvalue weighted by atomic mass is 9.92. The van der Waals surface area contributed by atoms with Gasteiger partial charge in [-0.1, -0.05) is 0 Å². The first-order chi connectivity index (χ1) is 21.4. The number of aliphatic hydroxyl groups is 10. The number of ether oxygens (including phenoxy) is 9. The molecule has 45 heavy (non-hydrogen) atoms. The van der Waals surface area contributed by atoms with Crippen molar-refractivity contribution >= 4 is 6.29 Å². The monoisotopic (exact) mass is 658 g/mol. The van der Waals surface area contributed by atoms with E-state index < -0.39 is 136 Å². The summed E-state index contributed by atoms with van der Waals surface area (Å²) in [7, 11) is 0. The Kier molecular flexibility index (Phi) is 9.82. The van der Waals surface area contributed by atoms with E-state index in [1.165, 1.54) is 0 Å². The molecule has 0 aromatic rings. The summed E-state index contributed by atoms with van der Waals surface area (Å²) in [5, 5.41) is 103. The topological polar surface area (TPSA) is 302 Å². The average molecular weight is 659 g/mol. The van der Waals surface area contributed by atoms with E-state index in [0.29, 0.717) is 0 Å². The number of aliphatic hydroxyl groups excluding tert-OH is 10. The number of fused-ring (bicyclic) bond motifs is 4. The maximum atomic E-state index is 12.1. The molecule has 20 heteroatoms. The lowest BCUT2D eigenvalue weighted by Crippen LogP contribution is -2.69. The second-order valence-electron chi connectivity index (χ2n) is 11.8. The summed E-state index contributed by atoms with van der Waals surface area (Å²) in [4.78, 5) is 12.1. The van der Waals surface area contributed by atoms with Gasteiger partial charge in [-0.25, -0.2) is 0 Å². The second-order valence-corrected chi connectivity index (χ2v) is 11.8. The van der Waals surface area contributed by atoms with Crippen LogP contribution in [0.2, 0.25) is 0 Å². The van der Waals surface area contributed by atoms with Crippen LogP contribution in [0.3, 0.4) is 0 Å². The average Bonchev–Trinajstić information content (AvgIpc) is 3.52. The van der Waals surface area contributed by atoms with Crippen molar-refractivity contribution < 1.29 is 98.5 Å². The van der Waals surface area contributed by atoms with Gasteiger partial charge in [0.15, 0.2) is 25.2 Å². The third kappa shape index (κ3) is 5.73. The zero-order valence-corrected chi connectivity index (χ0v) is 23.4. The smallest absolute Gasteiger partial charge is 0.256 e. The van der Waals surface area contributed by atoms with Gasteiger partial charge >= 0.3 is 0 Å². The van der Waals surface area contributed by atoms with E-state index in [1.54, 1.807) is 0 Å². The van der Waals surface area contributed by atoms with E-state index in [-0.39, 0.29) is 19.5 Å². The summed E-state index contributed by atoms with van der Waals surface area (Å²) in [6.45, 7) is -1.86. The molecule has 0 aromatic heterocycles. The molecular weight excluding hydrogens is 620 g/mol. The highest BCUT2D eigenvalue weighted by molar-refractivity contribution is 5.62. The lowest BCUT2D eigenvalue weighted by molar-refractivity contribution is -0.383. The van der Waals surface area contributed by atoms with E-state index >= 15 is 0 Å². The van der Waals surface area contributed by atoms with Crippen LogP contribution < -0.4 is 0 Å². The number of hydrogen-bond acceptors (Lipinski definition) is 20. The molecule has 0 aromatic carbocycles. The minimum atomic E-state index is -2.60. The van der Waals surface area contributed by atoms with Crippen molar-refractivity contribution in [3.63, 3.8) is 0 Å². The molecular formula is C25H38O20. The molecule has 0 amide bonds. The number of carbonyl (C=O) groups excluding carboxylic acids is 1. The van der Waals surface area contributed by atoms with E-state index in [0.717, 1.165) is 0 Å². The van der Waals surface area contributed by atoms with Gasteiger partial charge in [0.1, 0.15) is 97.7 Å². The molecule has 20 atom stereocenters. The van der Waals surface area contributed by atoms with Crippen LogP contribution in [-0.2, 0) is 47.4 Å². The van der Waals surface area contributed by atoms with E-state index in [2.05, 4.69) is 0 Å². The minimum absolute atomic E-state index is 0.0298. The first-order valence-corrected chi connectivity index (χ1v) is 14.4. The largest absolute Gasteiger partial charge is 0.394 e. The Morgan fingerprint density at radius 1 is 0.644 bits per heavy atom. The van der Waals surface area contributed by atoms with Crippen LogP contribution in [-0.4, -0.2) is 206 Å². The van der Waals surface area contributed by atoms with Crippen LogP contribution in [0.25, 0.3) is 0 Å². The van der Waals surface area contributed by atoms with Crippen molar-refractivity contribution in [1.29, 1.82) is 0 Å². The molecule has 6 aliphatic heterocycles. The standard InChI is InChI=1S/C25H38O20/c26-1-6-11(30)18(14(33)23(40-6)42-16-8-3-37-19(16)13(32)22(36)39-8)43-24-15(34)20-17(9(41-24)4-38-20)45-25(5-28)21(35)12(31)10(29)7(2-27)44-25/h5-24,26-27,29-36H,1-4H2/t6-,7-,8+,9+,10+,11-,12+,13+,14-,15+,16+,17+,18+,19+,20+,21-,22-,23+,24+,25-/m1/s1. The molecule has 4 bridgehead atoms. The van der Waals surface area contributed by atoms with Crippen LogP contribution >= 0.6 is 0 Å². The Labute approximate surface area is 254 Å². The molecule has 20 nitrogen and oxygen atoms in total. The van der Waals surface area contributed by atoms with Crippen molar-refractivity contribution in [1.82, 2.24) is 0 Å². The molecule has 6 aliphatic rings. The summed E-state index contributed by atoms with van der Waals surface area (Å²) in [6.07, 6.45) is -28.3. The third-order valence-electron chi connectivity index (χ3n) is 9.02. The van der Waals surface area contributed by atoms with Gasteiger partial charge in [-0.2, -0.15) is 0 Å². The fraction of sp³-hybridized carbons (Fsp3) is 0.960. The number of aldehydes is 1. The zero-order chi connectivity index (χ0) is 32.4. The molecule has 0 saturated carbocycles. The molecule has 6 saturated heterocycles. The Balaban J connectivity index is 1.15. The van der Waals surface area contributed by atoms with Crippen molar-refractivity contribution in [2.45, 2.75) is 122 Å². The van der Waals surface area contributed by atoms with Gasteiger partial charge in [-0.3, -0.25) is 4.79 Å². The number of hydrogen-bond donors (Lipinski definition) is 10. The molecule has 6 rings (SSSR count). The van der Waals surface area contributed by atoms with Gasteiger partial charge in [0.25, 0.3) is 5.79 Å². The van der Waals surface area contributed by atoms with Crippen LogP contribution in [0, 0.1) is 0 Å². The molecule has 6 fully saturated rings. The summed E-state index contributed by atoms with van der Waals surface area (Å²) < 4.78 is 50.3. The minimum Gasteiger partial charge on any atom is -0.394 e. The Bertz CT molecular complexity index is 1040. The second kappa shape index (κ2) is 13.1. The van der Waals surface area contributed by atoms with Gasteiger partial charge in [-0.05, 0) is 0 Å². The molecule has 0 aliphatic carbocycles. The van der Waals surface area contributed by atoms with E-state index in [9.17, 15) is 55.9 Å². The van der Waals surface area contributed by atoms with Crippen molar-refractivity contribution in [3.8, 4) is 0 Å². The number of rotatable bonds is 9. The van der Waals surface area contributed by atoms with Gasteiger partial charge in [0, 0.05) is 0 Å². The third-order valence-corrected chi connectivity index (χ3v) is 9.02. The maximum absolute atomic E-state index is 12.1. The van der Waals surface area contributed by atoms with Gasteiger partial charge < -0.3 is 93.7 Å². The van der Waals surface area contributed by atoms with Crippen LogP contribution in [0.1, 0.15) is 0 Å². The molecule has 0 unspecified atom stereocenters. The molecule has 0 radical (unpaired) electrons. The summed E-state index contributed by atoms with van der Waals surface area (Å²) in [6, 6.07) is 0. The molecule has 10 N–H and O–H groups in total. The SMILES string of the molecule is O=C[C@]1(O[C@@H]2[C@H]3OC[C@@H]2O[C@@H](O[C@@H]2[C@@H](O)[C@H](O[C@@H]4[C@H]5OC[C@@H]4O[C@@H](O)[C@H]5O)O[C@H](CO)[C@H]2O)[C@H]3O)O[C@H](CO)[C@H](O)[C@H](O)[C@H]1O. The fourth-order valence-electron chi connectivity index (χ4n) is 6.52. The van der Waals surface area contributed by atoms with Crippen molar-refractivity contribution in [3.05, 3.63) is 0 Å². The summed E-state index contributed by atoms with van der Waals surface area (Å²) >= 11 is 0. The van der Waals surface area contributed by atoms with Gasteiger partial charge in [0.2, 0.25) is 0 Å². The van der Waals surface area contributed by atoms with Gasteiger partial charge in [-0.15, -0.1) is 0 Å². The summed E-state index contributed by atoms with van der Waals surface area (Å²) in [5.41, 5.74) is 0. The van der Waals surface area contributed by atoms with Gasteiger partial charge in [0.05, 0.1) is 26.4 Å². The Hall–Kier alpha value is -1.09. The Morgan fingerprint density at radius 3 is 1.89 bits per heavy atom. The predicted octanol–water partition coefficient (Wildman–Crippen LogP) is -8.09. The van der Waals surface area contributed by atoms with Crippen LogP contribution in [0.4, 0.5) is 0 Å². The highest BCUT2D eigenvalue weighted by atomic mass is 16.8. The van der Waals surface area contributed by atoms with Crippen LogP contribution in [0.15, 0.2) is 0 Å². The van der Waals surface area contributed by atoms with Crippen molar-refractivity contribution in [2.24, 2.45) is 0 Å². The van der Waals surface area contributed by atoms with Crippen molar-refractivity contribution in [2.75, 3.05) is 26.4 Å². The molecule has 258 valence electrons. The van der Waals surface area contributed by atoms with E-state index in [1.807, 2.05) is 0 Å². The number of carbonyl (C=O) groups is 1. The molecule has 0 spiro atoms. The highest BCUT2D eigenvalue weighted by Gasteiger charge is 2.62. The fourth-order valence-corrected chi connectivity index (χ4v) is 6.52. The normalized spacial score (nSPS) is 56.4.